The van der Waals surface area contributed by atoms with Crippen molar-refractivity contribution in [1.82, 2.24) is 0 Å². The highest BCUT2D eigenvalue weighted by Gasteiger charge is 1.97. The van der Waals surface area contributed by atoms with Gasteiger partial charge in [-0.15, -0.1) is 0 Å². The molecule has 0 N–H and O–H groups in total. The molecule has 172 valence electrons. The first-order chi connectivity index (χ1) is 14.6. The molecule has 3 aromatic rings. The molecule has 3 rings (SSSR count). The van der Waals surface area contributed by atoms with Crippen LogP contribution in [0.25, 0.3) is 0 Å². The van der Waals surface area contributed by atoms with E-state index in [9.17, 15) is 26.3 Å². The molecule has 0 aliphatic rings. The third-order valence-corrected chi connectivity index (χ3v) is 3.40. The molecule has 0 aliphatic carbocycles. The second-order valence-electron chi connectivity index (χ2n) is 5.68. The van der Waals surface area contributed by atoms with Crippen LogP contribution in [0.3, 0.4) is 0 Å². The van der Waals surface area contributed by atoms with E-state index in [1.54, 1.807) is 20.8 Å². The van der Waals surface area contributed by atoms with Crippen molar-refractivity contribution in [2.75, 3.05) is 0 Å². The van der Waals surface area contributed by atoms with E-state index < -0.39 is 34.9 Å². The Kier molecular flexibility index (Phi) is 16.7. The van der Waals surface area contributed by atoms with Gasteiger partial charge >= 0.3 is 0 Å². The number of hydrogen-bond donors (Lipinski definition) is 0. The fourth-order valence-electron chi connectivity index (χ4n) is 1.70. The summed E-state index contributed by atoms with van der Waals surface area (Å²) in [5, 5.41) is 0. The van der Waals surface area contributed by atoms with E-state index in [-0.39, 0.29) is 0 Å². The van der Waals surface area contributed by atoms with Gasteiger partial charge in [0.15, 0.2) is 0 Å². The summed E-state index contributed by atoms with van der Waals surface area (Å²) in [4.78, 5) is 0. The standard InChI is InChI=1S/3C7H6F2.2C2H6/c3*1-5-2-3-6(8)4-7(5)9;2*1-2/h3*2-4H,1H3;2*1-2H3. The van der Waals surface area contributed by atoms with E-state index in [1.165, 1.54) is 36.4 Å². The molecule has 0 fully saturated rings. The Morgan fingerprint density at radius 3 is 0.710 bits per heavy atom. The lowest BCUT2D eigenvalue weighted by atomic mass is 10.2. The maximum atomic E-state index is 12.3. The van der Waals surface area contributed by atoms with Crippen LogP contribution >= 0.6 is 0 Å². The van der Waals surface area contributed by atoms with Crippen LogP contribution in [-0.4, -0.2) is 0 Å². The number of rotatable bonds is 0. The Balaban J connectivity index is 0. The summed E-state index contributed by atoms with van der Waals surface area (Å²) in [6.07, 6.45) is 0. The van der Waals surface area contributed by atoms with Crippen molar-refractivity contribution in [3.63, 3.8) is 0 Å². The fraction of sp³-hybridized carbons (Fsp3) is 0.280. The molecule has 0 bridgehead atoms. The van der Waals surface area contributed by atoms with Crippen molar-refractivity contribution in [3.8, 4) is 0 Å². The van der Waals surface area contributed by atoms with Crippen LogP contribution in [0.2, 0.25) is 0 Å². The Bertz CT molecular complexity index is 773. The second-order valence-corrected chi connectivity index (χ2v) is 5.68. The first-order valence-corrected chi connectivity index (χ1v) is 9.85. The van der Waals surface area contributed by atoms with Crippen molar-refractivity contribution in [1.29, 1.82) is 0 Å². The van der Waals surface area contributed by atoms with Crippen LogP contribution in [0.5, 0.6) is 0 Å². The highest BCUT2D eigenvalue weighted by molar-refractivity contribution is 5.17. The first-order valence-electron chi connectivity index (χ1n) is 9.85. The van der Waals surface area contributed by atoms with Crippen molar-refractivity contribution in [3.05, 3.63) is 106 Å². The normalized spacial score (nSPS) is 8.81. The van der Waals surface area contributed by atoms with E-state index in [4.69, 9.17) is 0 Å². The van der Waals surface area contributed by atoms with Crippen LogP contribution in [0.15, 0.2) is 54.6 Å². The van der Waals surface area contributed by atoms with E-state index >= 15 is 0 Å². The average Bonchev–Trinajstić information content (AvgIpc) is 2.75. The molecule has 3 aromatic carbocycles. The smallest absolute Gasteiger partial charge is 0.129 e. The lowest BCUT2D eigenvalue weighted by molar-refractivity contribution is 0.577. The number of halogens is 6. The summed E-state index contributed by atoms with van der Waals surface area (Å²) in [6.45, 7) is 12.8. The van der Waals surface area contributed by atoms with E-state index in [0.717, 1.165) is 18.2 Å². The largest absolute Gasteiger partial charge is 0.207 e. The summed E-state index contributed by atoms with van der Waals surface area (Å²) in [5.74, 6) is -3.06. The van der Waals surface area contributed by atoms with Gasteiger partial charge < -0.3 is 0 Å². The van der Waals surface area contributed by atoms with Crippen LogP contribution in [0.1, 0.15) is 44.4 Å². The summed E-state index contributed by atoms with van der Waals surface area (Å²) in [5.41, 5.74) is 1.41. The summed E-state index contributed by atoms with van der Waals surface area (Å²) in [7, 11) is 0. The molecule has 0 spiro atoms. The predicted molar refractivity (Wildman–Crippen MR) is 116 cm³/mol. The maximum Gasteiger partial charge on any atom is 0.129 e. The zero-order valence-electron chi connectivity index (χ0n) is 19.0. The second kappa shape index (κ2) is 17.0. The van der Waals surface area contributed by atoms with Gasteiger partial charge in [-0.1, -0.05) is 45.9 Å². The maximum absolute atomic E-state index is 12.3. The molecule has 0 saturated carbocycles. The van der Waals surface area contributed by atoms with Crippen molar-refractivity contribution in [2.45, 2.75) is 48.5 Å². The van der Waals surface area contributed by atoms with Gasteiger partial charge in [-0.2, -0.15) is 0 Å². The topological polar surface area (TPSA) is 0 Å². The molecule has 0 aromatic heterocycles. The number of benzene rings is 3. The fourth-order valence-corrected chi connectivity index (χ4v) is 1.70. The van der Waals surface area contributed by atoms with Gasteiger partial charge in [-0.05, 0) is 55.7 Å². The lowest BCUT2D eigenvalue weighted by Crippen LogP contribution is -1.81. The van der Waals surface area contributed by atoms with Crippen LogP contribution in [-0.2, 0) is 0 Å². The molecule has 0 atom stereocenters. The molecule has 6 heteroatoms. The van der Waals surface area contributed by atoms with E-state index in [2.05, 4.69) is 0 Å². The molecule has 0 aliphatic heterocycles. The molecule has 0 unspecified atom stereocenters. The molecule has 0 heterocycles. The van der Waals surface area contributed by atoms with Gasteiger partial charge in [-0.25, -0.2) is 26.3 Å². The SMILES string of the molecule is CC.CC.Cc1ccc(F)cc1F.Cc1ccc(F)cc1F.Cc1ccc(F)cc1F. The molecular formula is C25H30F6. The van der Waals surface area contributed by atoms with Gasteiger partial charge in [-0.3, -0.25) is 0 Å². The minimum atomic E-state index is -0.530. The monoisotopic (exact) mass is 444 g/mol. The Labute approximate surface area is 181 Å². The van der Waals surface area contributed by atoms with Gasteiger partial charge in [0.25, 0.3) is 0 Å². The molecule has 0 amide bonds. The van der Waals surface area contributed by atoms with Gasteiger partial charge in [0, 0.05) is 18.2 Å². The van der Waals surface area contributed by atoms with Crippen LogP contribution < -0.4 is 0 Å². The van der Waals surface area contributed by atoms with Crippen LogP contribution in [0, 0.1) is 55.7 Å². The van der Waals surface area contributed by atoms with Gasteiger partial charge in [0.05, 0.1) is 0 Å². The minimum absolute atomic E-state index is 0.469. The zero-order valence-corrected chi connectivity index (χ0v) is 19.0. The average molecular weight is 445 g/mol. The molecular weight excluding hydrogens is 414 g/mol. The third-order valence-electron chi connectivity index (χ3n) is 3.40. The molecule has 0 nitrogen and oxygen atoms in total. The summed E-state index contributed by atoms with van der Waals surface area (Å²) >= 11 is 0. The number of aryl methyl sites for hydroxylation is 3. The van der Waals surface area contributed by atoms with Gasteiger partial charge in [0.2, 0.25) is 0 Å². The van der Waals surface area contributed by atoms with Crippen molar-refractivity contribution in [2.24, 2.45) is 0 Å². The third kappa shape index (κ3) is 13.2. The Morgan fingerprint density at radius 2 is 0.581 bits per heavy atom. The molecule has 0 radical (unpaired) electrons. The summed E-state index contributed by atoms with van der Waals surface area (Å²) < 4.78 is 73.3. The number of hydrogen-bond acceptors (Lipinski definition) is 0. The first kappa shape index (κ1) is 30.4. The highest BCUT2D eigenvalue weighted by Crippen LogP contribution is 2.08. The molecule has 31 heavy (non-hydrogen) atoms. The van der Waals surface area contributed by atoms with Crippen molar-refractivity contribution < 1.29 is 26.3 Å². The zero-order chi connectivity index (χ0) is 24.6. The van der Waals surface area contributed by atoms with Crippen molar-refractivity contribution >= 4 is 0 Å². The van der Waals surface area contributed by atoms with E-state index in [0.29, 0.717) is 16.7 Å². The Morgan fingerprint density at radius 1 is 0.387 bits per heavy atom. The highest BCUT2D eigenvalue weighted by atomic mass is 19.2. The summed E-state index contributed by atoms with van der Waals surface area (Å²) in [6, 6.07) is 10.5. The molecule has 0 saturated heterocycles. The predicted octanol–water partition coefficient (Wildman–Crippen LogP) is 8.87. The van der Waals surface area contributed by atoms with Gasteiger partial charge in [0.1, 0.15) is 34.9 Å². The van der Waals surface area contributed by atoms with Crippen LogP contribution in [0.4, 0.5) is 26.3 Å². The lowest BCUT2D eigenvalue weighted by Gasteiger charge is -1.92. The minimum Gasteiger partial charge on any atom is -0.207 e. The Hall–Kier alpha value is -2.76. The van der Waals surface area contributed by atoms with E-state index in [1.807, 2.05) is 27.7 Å². The quantitative estimate of drug-likeness (QED) is 0.304.